The van der Waals surface area contributed by atoms with Gasteiger partial charge in [0.2, 0.25) is 0 Å². The van der Waals surface area contributed by atoms with Crippen LogP contribution in [0.1, 0.15) is 48.5 Å². The number of nitrogens with one attached hydrogen (secondary N) is 1. The number of thioether (sulfide) groups is 1. The predicted molar refractivity (Wildman–Crippen MR) is 129 cm³/mol. The lowest BCUT2D eigenvalue weighted by atomic mass is 9.98. The average molecular weight is 552 g/mol. The SMILES string of the molecule is CC(=O)OC[C@H]1O[C@H](OCCSCCNC(=O)OC(C)(C)C)[C@@H](OC(C)=O)[C@@H](OC(C)=O)[C@@H]1OC(C)=O. The largest absolute Gasteiger partial charge is 0.463 e. The van der Waals surface area contributed by atoms with Crippen LogP contribution in [-0.4, -0.2) is 97.5 Å². The molecule has 1 amide bonds. The Bertz CT molecular complexity index is 799. The summed E-state index contributed by atoms with van der Waals surface area (Å²) >= 11 is 1.47. The van der Waals surface area contributed by atoms with Crippen LogP contribution in [-0.2, 0) is 52.3 Å². The van der Waals surface area contributed by atoms with Crippen molar-refractivity contribution in [2.75, 3.05) is 31.3 Å². The van der Waals surface area contributed by atoms with Gasteiger partial charge in [0, 0.05) is 45.7 Å². The van der Waals surface area contributed by atoms with Gasteiger partial charge in [0.05, 0.1) is 6.61 Å². The van der Waals surface area contributed by atoms with Gasteiger partial charge < -0.3 is 38.5 Å². The second-order valence-corrected chi connectivity index (χ2v) is 10.2. The van der Waals surface area contributed by atoms with E-state index in [-0.39, 0.29) is 13.2 Å². The quantitative estimate of drug-likeness (QED) is 0.210. The number of rotatable bonds is 12. The van der Waals surface area contributed by atoms with Crippen LogP contribution in [0, 0.1) is 0 Å². The molecule has 0 aromatic carbocycles. The first-order chi connectivity index (χ1) is 17.2. The number of esters is 4. The first kappa shape index (κ1) is 32.4. The van der Waals surface area contributed by atoms with E-state index in [1.54, 1.807) is 20.8 Å². The zero-order chi connectivity index (χ0) is 28.2. The third-order valence-corrected chi connectivity index (χ3v) is 5.32. The molecule has 0 aliphatic carbocycles. The fourth-order valence-corrected chi connectivity index (χ4v) is 3.85. The summed E-state index contributed by atoms with van der Waals surface area (Å²) in [6.45, 7) is 10.1. The van der Waals surface area contributed by atoms with Crippen LogP contribution < -0.4 is 5.32 Å². The monoisotopic (exact) mass is 551 g/mol. The van der Waals surface area contributed by atoms with Crippen molar-refractivity contribution in [1.29, 1.82) is 0 Å². The summed E-state index contributed by atoms with van der Waals surface area (Å²) in [5, 5.41) is 2.65. The van der Waals surface area contributed by atoms with Crippen LogP contribution in [0.15, 0.2) is 0 Å². The molecule has 13 nitrogen and oxygen atoms in total. The highest BCUT2D eigenvalue weighted by Gasteiger charge is 2.52. The van der Waals surface area contributed by atoms with Crippen molar-refractivity contribution in [3.63, 3.8) is 0 Å². The summed E-state index contributed by atoms with van der Waals surface area (Å²) in [5.41, 5.74) is -0.588. The maximum absolute atomic E-state index is 11.8. The maximum atomic E-state index is 11.8. The Balaban J connectivity index is 2.83. The smallest absolute Gasteiger partial charge is 0.407 e. The van der Waals surface area contributed by atoms with Gasteiger partial charge in [0.15, 0.2) is 24.6 Å². The fourth-order valence-electron chi connectivity index (χ4n) is 3.19. The van der Waals surface area contributed by atoms with Crippen LogP contribution >= 0.6 is 11.8 Å². The van der Waals surface area contributed by atoms with E-state index >= 15 is 0 Å². The van der Waals surface area contributed by atoms with Crippen LogP contribution in [0.5, 0.6) is 0 Å². The molecular formula is C23H37NO12S. The third-order valence-electron chi connectivity index (χ3n) is 4.37. The van der Waals surface area contributed by atoms with Gasteiger partial charge in [0.25, 0.3) is 0 Å². The summed E-state index contributed by atoms with van der Waals surface area (Å²) in [7, 11) is 0. The normalized spacial score (nSPS) is 23.4. The molecule has 212 valence electrons. The van der Waals surface area contributed by atoms with Crippen LogP contribution in [0.2, 0.25) is 0 Å². The Hall–Kier alpha value is -2.58. The van der Waals surface area contributed by atoms with E-state index in [2.05, 4.69) is 5.32 Å². The second-order valence-electron chi connectivity index (χ2n) is 8.98. The van der Waals surface area contributed by atoms with Gasteiger partial charge in [-0.1, -0.05) is 0 Å². The molecule has 0 aromatic heterocycles. The lowest BCUT2D eigenvalue weighted by molar-refractivity contribution is -0.307. The van der Waals surface area contributed by atoms with Gasteiger partial charge in [-0.15, -0.1) is 0 Å². The number of amides is 1. The van der Waals surface area contributed by atoms with Gasteiger partial charge in [-0.05, 0) is 20.8 Å². The van der Waals surface area contributed by atoms with Gasteiger partial charge in [-0.3, -0.25) is 19.2 Å². The maximum Gasteiger partial charge on any atom is 0.407 e. The summed E-state index contributed by atoms with van der Waals surface area (Å²) in [6, 6.07) is 0. The number of carbonyl (C=O) groups is 5. The Morgan fingerprint density at radius 2 is 1.38 bits per heavy atom. The Labute approximate surface area is 220 Å². The van der Waals surface area contributed by atoms with E-state index in [0.29, 0.717) is 18.1 Å². The highest BCUT2D eigenvalue weighted by atomic mass is 32.2. The van der Waals surface area contributed by atoms with Crippen LogP contribution in [0.3, 0.4) is 0 Å². The molecule has 0 spiro atoms. The number of alkyl carbamates (subject to hydrolysis) is 1. The standard InChI is InChI=1S/C23H37NO12S/c1-13(25)31-12-17-18(32-14(2)26)19(33-15(3)27)20(34-16(4)28)21(35-17)30-9-11-37-10-8-24-22(29)36-23(5,6)7/h17-21H,8-12H2,1-7H3,(H,24,29)/t17-,18-,19+,20+,21+/m1/s1. The lowest BCUT2D eigenvalue weighted by Crippen LogP contribution is -2.63. The molecule has 1 N–H and O–H groups in total. The predicted octanol–water partition coefficient (Wildman–Crippen LogP) is 1.34. The van der Waals surface area contributed by atoms with Crippen LogP contribution in [0.25, 0.3) is 0 Å². The molecule has 5 atom stereocenters. The molecular weight excluding hydrogens is 514 g/mol. The molecule has 1 fully saturated rings. The minimum absolute atomic E-state index is 0.130. The van der Waals surface area contributed by atoms with E-state index in [4.69, 9.17) is 33.2 Å². The highest BCUT2D eigenvalue weighted by molar-refractivity contribution is 7.99. The third kappa shape index (κ3) is 13.5. The highest BCUT2D eigenvalue weighted by Crippen LogP contribution is 2.30. The first-order valence-electron chi connectivity index (χ1n) is 11.7. The van der Waals surface area contributed by atoms with Crippen molar-refractivity contribution in [3.8, 4) is 0 Å². The van der Waals surface area contributed by atoms with Crippen molar-refractivity contribution in [2.45, 2.75) is 84.8 Å². The van der Waals surface area contributed by atoms with E-state index in [1.165, 1.54) is 18.7 Å². The fraction of sp³-hybridized carbons (Fsp3) is 0.783. The zero-order valence-corrected chi connectivity index (χ0v) is 23.0. The molecule has 0 aromatic rings. The van der Waals surface area contributed by atoms with Crippen molar-refractivity contribution in [3.05, 3.63) is 0 Å². The van der Waals surface area contributed by atoms with E-state index in [0.717, 1.165) is 20.8 Å². The molecule has 14 heteroatoms. The molecule has 0 unspecified atom stereocenters. The summed E-state index contributed by atoms with van der Waals surface area (Å²) in [4.78, 5) is 58.4. The molecule has 0 bridgehead atoms. The van der Waals surface area contributed by atoms with Crippen molar-refractivity contribution in [1.82, 2.24) is 5.32 Å². The van der Waals surface area contributed by atoms with E-state index in [9.17, 15) is 24.0 Å². The minimum Gasteiger partial charge on any atom is -0.463 e. The van der Waals surface area contributed by atoms with Gasteiger partial charge in [-0.2, -0.15) is 11.8 Å². The topological polar surface area (TPSA) is 162 Å². The number of carbonyl (C=O) groups excluding carboxylic acids is 5. The molecule has 0 saturated carbocycles. The summed E-state index contributed by atoms with van der Waals surface area (Å²) in [5.74, 6) is -1.70. The Kier molecular flexibility index (Phi) is 13.7. The van der Waals surface area contributed by atoms with Gasteiger partial charge in [-0.25, -0.2) is 4.79 Å². The van der Waals surface area contributed by atoms with Crippen LogP contribution in [0.4, 0.5) is 4.79 Å². The molecule has 1 heterocycles. The van der Waals surface area contributed by atoms with E-state index < -0.39 is 66.3 Å². The Morgan fingerprint density at radius 1 is 0.811 bits per heavy atom. The summed E-state index contributed by atoms with van der Waals surface area (Å²) in [6.07, 6.45) is -6.59. The molecule has 1 aliphatic heterocycles. The zero-order valence-electron chi connectivity index (χ0n) is 22.2. The average Bonchev–Trinajstić information content (AvgIpc) is 2.73. The van der Waals surface area contributed by atoms with Crippen molar-refractivity contribution < 1.29 is 57.1 Å². The summed E-state index contributed by atoms with van der Waals surface area (Å²) < 4.78 is 37.8. The van der Waals surface area contributed by atoms with Gasteiger partial charge in [0.1, 0.15) is 18.3 Å². The molecule has 37 heavy (non-hydrogen) atoms. The minimum atomic E-state index is -1.28. The molecule has 1 aliphatic rings. The first-order valence-corrected chi connectivity index (χ1v) is 12.8. The number of ether oxygens (including phenoxy) is 7. The van der Waals surface area contributed by atoms with Crippen molar-refractivity contribution in [2.24, 2.45) is 0 Å². The lowest BCUT2D eigenvalue weighted by Gasteiger charge is -2.44. The molecule has 1 rings (SSSR count). The Morgan fingerprint density at radius 3 is 1.92 bits per heavy atom. The van der Waals surface area contributed by atoms with Gasteiger partial charge >= 0.3 is 30.0 Å². The molecule has 1 saturated heterocycles. The van der Waals surface area contributed by atoms with Crippen molar-refractivity contribution >= 4 is 41.7 Å². The number of hydrogen-bond donors (Lipinski definition) is 1. The van der Waals surface area contributed by atoms with E-state index in [1.807, 2.05) is 0 Å². The number of hydrogen-bond acceptors (Lipinski definition) is 13. The second kappa shape index (κ2) is 15.6. The molecule has 0 radical (unpaired) electrons.